The number of carboxylic acid groups (broad SMARTS) is 1. The van der Waals surface area contributed by atoms with Crippen LogP contribution in [0.1, 0.15) is 32.1 Å². The first-order valence-corrected chi connectivity index (χ1v) is 6.13. The molecule has 4 unspecified atom stereocenters. The zero-order chi connectivity index (χ0) is 11.5. The first kappa shape index (κ1) is 11.5. The molecule has 0 amide bonds. The van der Waals surface area contributed by atoms with Crippen LogP contribution in [0.3, 0.4) is 0 Å². The zero-order valence-corrected chi connectivity index (χ0v) is 9.48. The topological polar surface area (TPSA) is 49.3 Å². The standard InChI is InChI=1S/C13H19NO2/c1-2-3-4-7-14-12-10-6-5-9(8-10)11(12)13(15)16/h1,9-12,14H,3-8H2,(H,15,16). The Hall–Kier alpha value is -1.01. The quantitative estimate of drug-likeness (QED) is 0.546. The molecule has 2 bridgehead atoms. The van der Waals surface area contributed by atoms with Crippen molar-refractivity contribution < 1.29 is 9.90 Å². The summed E-state index contributed by atoms with van der Waals surface area (Å²) in [6.07, 6.45) is 10.3. The lowest BCUT2D eigenvalue weighted by molar-refractivity contribution is -0.144. The van der Waals surface area contributed by atoms with Crippen molar-refractivity contribution in [3.05, 3.63) is 0 Å². The number of nitrogens with one attached hydrogen (secondary N) is 1. The molecule has 2 aliphatic rings. The molecule has 0 aromatic carbocycles. The van der Waals surface area contributed by atoms with Crippen LogP contribution in [-0.2, 0) is 4.79 Å². The van der Waals surface area contributed by atoms with Crippen molar-refractivity contribution in [2.45, 2.75) is 38.1 Å². The third-order valence-electron chi connectivity index (χ3n) is 4.08. The van der Waals surface area contributed by atoms with Gasteiger partial charge in [-0.2, -0.15) is 0 Å². The van der Waals surface area contributed by atoms with E-state index in [4.69, 9.17) is 6.42 Å². The van der Waals surface area contributed by atoms with Crippen LogP contribution in [0.15, 0.2) is 0 Å². The number of aliphatic carboxylic acids is 1. The van der Waals surface area contributed by atoms with Gasteiger partial charge >= 0.3 is 5.97 Å². The number of rotatable bonds is 5. The lowest BCUT2D eigenvalue weighted by Crippen LogP contribution is -2.44. The highest BCUT2D eigenvalue weighted by Crippen LogP contribution is 2.48. The lowest BCUT2D eigenvalue weighted by Gasteiger charge is -2.28. The summed E-state index contributed by atoms with van der Waals surface area (Å²) in [6.45, 7) is 0.849. The molecule has 0 spiro atoms. The molecule has 0 aromatic heterocycles. The van der Waals surface area contributed by atoms with Crippen molar-refractivity contribution in [3.8, 4) is 12.3 Å². The molecule has 0 heterocycles. The first-order chi connectivity index (χ1) is 7.74. The number of carboxylic acids is 1. The molecule has 4 atom stereocenters. The van der Waals surface area contributed by atoms with Crippen LogP contribution in [0, 0.1) is 30.1 Å². The van der Waals surface area contributed by atoms with Gasteiger partial charge in [0.2, 0.25) is 0 Å². The van der Waals surface area contributed by atoms with E-state index >= 15 is 0 Å². The lowest BCUT2D eigenvalue weighted by atomic mass is 9.84. The van der Waals surface area contributed by atoms with Gasteiger partial charge in [-0.15, -0.1) is 12.3 Å². The Morgan fingerprint density at radius 3 is 2.88 bits per heavy atom. The van der Waals surface area contributed by atoms with Gasteiger partial charge in [0, 0.05) is 12.5 Å². The van der Waals surface area contributed by atoms with E-state index in [1.165, 1.54) is 6.42 Å². The number of hydrogen-bond donors (Lipinski definition) is 2. The Balaban J connectivity index is 1.87. The maximum absolute atomic E-state index is 11.2. The van der Waals surface area contributed by atoms with Gasteiger partial charge in [-0.05, 0) is 44.1 Å². The summed E-state index contributed by atoms with van der Waals surface area (Å²) in [6, 6.07) is 0.189. The smallest absolute Gasteiger partial charge is 0.308 e. The second-order valence-electron chi connectivity index (χ2n) is 4.98. The molecule has 0 aromatic rings. The maximum atomic E-state index is 11.2. The van der Waals surface area contributed by atoms with Gasteiger partial charge < -0.3 is 10.4 Å². The molecule has 2 saturated carbocycles. The molecular formula is C13H19NO2. The van der Waals surface area contributed by atoms with Crippen molar-refractivity contribution in [1.29, 1.82) is 0 Å². The molecule has 16 heavy (non-hydrogen) atoms. The number of unbranched alkanes of at least 4 members (excludes halogenated alkanes) is 1. The minimum atomic E-state index is -0.623. The van der Waals surface area contributed by atoms with Gasteiger partial charge in [-0.3, -0.25) is 4.79 Å². The number of terminal acetylenes is 1. The Kier molecular flexibility index (Phi) is 3.50. The second kappa shape index (κ2) is 4.88. The van der Waals surface area contributed by atoms with Crippen LogP contribution in [0.5, 0.6) is 0 Å². The fourth-order valence-corrected chi connectivity index (χ4v) is 3.40. The van der Waals surface area contributed by atoms with Crippen LogP contribution in [-0.4, -0.2) is 23.7 Å². The molecule has 3 heteroatoms. The molecule has 2 rings (SSSR count). The fraction of sp³-hybridized carbons (Fsp3) is 0.769. The van der Waals surface area contributed by atoms with E-state index in [-0.39, 0.29) is 12.0 Å². The average molecular weight is 221 g/mol. The van der Waals surface area contributed by atoms with Crippen molar-refractivity contribution in [1.82, 2.24) is 5.32 Å². The molecule has 88 valence electrons. The third kappa shape index (κ3) is 2.08. The SMILES string of the molecule is C#CCCCNC1C2CCC(C2)C1C(=O)O. The van der Waals surface area contributed by atoms with E-state index in [9.17, 15) is 9.90 Å². The molecule has 2 fully saturated rings. The second-order valence-corrected chi connectivity index (χ2v) is 4.98. The van der Waals surface area contributed by atoms with Gasteiger partial charge in [0.25, 0.3) is 0 Å². The van der Waals surface area contributed by atoms with Crippen molar-refractivity contribution in [3.63, 3.8) is 0 Å². The molecule has 3 nitrogen and oxygen atoms in total. The van der Waals surface area contributed by atoms with Crippen molar-refractivity contribution in [2.24, 2.45) is 17.8 Å². The molecule has 0 radical (unpaired) electrons. The Morgan fingerprint density at radius 1 is 1.44 bits per heavy atom. The first-order valence-electron chi connectivity index (χ1n) is 6.13. The van der Waals surface area contributed by atoms with E-state index in [0.29, 0.717) is 11.8 Å². The molecule has 2 aliphatic carbocycles. The van der Waals surface area contributed by atoms with E-state index in [2.05, 4.69) is 11.2 Å². The van der Waals surface area contributed by atoms with Gasteiger partial charge in [-0.25, -0.2) is 0 Å². The van der Waals surface area contributed by atoms with Crippen LogP contribution in [0.2, 0.25) is 0 Å². The van der Waals surface area contributed by atoms with E-state index in [1.54, 1.807) is 0 Å². The van der Waals surface area contributed by atoms with E-state index in [0.717, 1.165) is 32.2 Å². The van der Waals surface area contributed by atoms with Crippen molar-refractivity contribution >= 4 is 5.97 Å². The number of hydrogen-bond acceptors (Lipinski definition) is 2. The van der Waals surface area contributed by atoms with Crippen molar-refractivity contribution in [2.75, 3.05) is 6.54 Å². The monoisotopic (exact) mass is 221 g/mol. The predicted octanol–water partition coefficient (Wildman–Crippen LogP) is 1.49. The van der Waals surface area contributed by atoms with E-state index < -0.39 is 5.97 Å². The van der Waals surface area contributed by atoms with Gasteiger partial charge in [0.1, 0.15) is 0 Å². The Bertz CT molecular complexity index is 308. The normalized spacial score (nSPS) is 36.2. The molecule has 2 N–H and O–H groups in total. The molecular weight excluding hydrogens is 202 g/mol. The highest BCUT2D eigenvalue weighted by molar-refractivity contribution is 5.72. The summed E-state index contributed by atoms with van der Waals surface area (Å²) in [5.41, 5.74) is 0. The van der Waals surface area contributed by atoms with Gasteiger partial charge in [0.15, 0.2) is 0 Å². The molecule has 0 saturated heterocycles. The minimum absolute atomic E-state index is 0.162. The summed E-state index contributed by atoms with van der Waals surface area (Å²) >= 11 is 0. The Labute approximate surface area is 96.6 Å². The Morgan fingerprint density at radius 2 is 2.19 bits per heavy atom. The third-order valence-corrected chi connectivity index (χ3v) is 4.08. The largest absolute Gasteiger partial charge is 0.481 e. The highest BCUT2D eigenvalue weighted by atomic mass is 16.4. The fourth-order valence-electron chi connectivity index (χ4n) is 3.40. The van der Waals surface area contributed by atoms with Crippen LogP contribution in [0.25, 0.3) is 0 Å². The van der Waals surface area contributed by atoms with E-state index in [1.807, 2.05) is 0 Å². The summed E-state index contributed by atoms with van der Waals surface area (Å²) < 4.78 is 0. The summed E-state index contributed by atoms with van der Waals surface area (Å²) in [5.74, 6) is 2.81. The maximum Gasteiger partial charge on any atom is 0.308 e. The highest BCUT2D eigenvalue weighted by Gasteiger charge is 2.50. The summed E-state index contributed by atoms with van der Waals surface area (Å²) in [5, 5.41) is 12.6. The summed E-state index contributed by atoms with van der Waals surface area (Å²) in [7, 11) is 0. The van der Waals surface area contributed by atoms with Crippen LogP contribution in [0.4, 0.5) is 0 Å². The zero-order valence-electron chi connectivity index (χ0n) is 9.48. The van der Waals surface area contributed by atoms with Crippen LogP contribution >= 0.6 is 0 Å². The molecule has 0 aliphatic heterocycles. The predicted molar refractivity (Wildman–Crippen MR) is 61.8 cm³/mol. The number of carbonyl (C=O) groups is 1. The number of fused-ring (bicyclic) bond motifs is 2. The summed E-state index contributed by atoms with van der Waals surface area (Å²) in [4.78, 5) is 11.2. The van der Waals surface area contributed by atoms with Gasteiger partial charge in [0.05, 0.1) is 5.92 Å². The van der Waals surface area contributed by atoms with Gasteiger partial charge in [-0.1, -0.05) is 0 Å². The average Bonchev–Trinajstić information content (AvgIpc) is 2.83. The minimum Gasteiger partial charge on any atom is -0.481 e. The van der Waals surface area contributed by atoms with Crippen LogP contribution < -0.4 is 5.32 Å².